The van der Waals surface area contributed by atoms with E-state index >= 15 is 0 Å². The number of aliphatic carboxylic acids is 1. The molecule has 0 aliphatic carbocycles. The summed E-state index contributed by atoms with van der Waals surface area (Å²) >= 11 is 0. The van der Waals surface area contributed by atoms with Crippen LogP contribution in [0.3, 0.4) is 0 Å². The second-order valence-electron chi connectivity index (χ2n) is 3.94. The van der Waals surface area contributed by atoms with E-state index < -0.39 is 11.9 Å². The molecule has 0 saturated carbocycles. The molecule has 1 aliphatic rings. The lowest BCUT2D eigenvalue weighted by molar-refractivity contribution is -0.143. The van der Waals surface area contributed by atoms with E-state index in [1.54, 1.807) is 0 Å². The summed E-state index contributed by atoms with van der Waals surface area (Å²) in [6.07, 6.45) is 0.330. The van der Waals surface area contributed by atoms with Crippen molar-refractivity contribution < 1.29 is 14.6 Å². The molecule has 1 saturated heterocycles. The zero-order valence-corrected chi connectivity index (χ0v) is 8.64. The number of hydrogen-bond donors (Lipinski definition) is 1. The SMILES string of the molecule is Cc1cccc(C2OCCC2C(=O)O)c1. The number of ether oxygens (including phenoxy) is 1. The Morgan fingerprint density at radius 1 is 1.53 bits per heavy atom. The van der Waals surface area contributed by atoms with Crippen LogP contribution in [0.15, 0.2) is 24.3 Å². The first kappa shape index (κ1) is 10.2. The summed E-state index contributed by atoms with van der Waals surface area (Å²) in [6.45, 7) is 2.53. The summed E-state index contributed by atoms with van der Waals surface area (Å²) in [7, 11) is 0. The van der Waals surface area contributed by atoms with Crippen LogP contribution in [0.5, 0.6) is 0 Å². The van der Waals surface area contributed by atoms with Gasteiger partial charge >= 0.3 is 5.97 Å². The third-order valence-corrected chi connectivity index (χ3v) is 2.78. The zero-order valence-electron chi connectivity index (χ0n) is 8.64. The van der Waals surface area contributed by atoms with Gasteiger partial charge in [-0.2, -0.15) is 0 Å². The highest BCUT2D eigenvalue weighted by molar-refractivity contribution is 5.71. The average Bonchev–Trinajstić information content (AvgIpc) is 2.65. The molecule has 0 spiro atoms. The Labute approximate surface area is 88.7 Å². The van der Waals surface area contributed by atoms with E-state index in [4.69, 9.17) is 9.84 Å². The van der Waals surface area contributed by atoms with Crippen LogP contribution >= 0.6 is 0 Å². The van der Waals surface area contributed by atoms with Crippen LogP contribution in [-0.2, 0) is 9.53 Å². The number of carbonyl (C=O) groups is 1. The minimum atomic E-state index is -0.765. The Balaban J connectivity index is 2.26. The van der Waals surface area contributed by atoms with Gasteiger partial charge in [0.1, 0.15) is 0 Å². The molecule has 2 rings (SSSR count). The third kappa shape index (κ3) is 2.02. The molecule has 1 aromatic rings. The fourth-order valence-corrected chi connectivity index (χ4v) is 2.02. The van der Waals surface area contributed by atoms with Crippen LogP contribution in [0.2, 0.25) is 0 Å². The lowest BCUT2D eigenvalue weighted by Gasteiger charge is -2.15. The van der Waals surface area contributed by atoms with Gasteiger partial charge in [0, 0.05) is 6.61 Å². The van der Waals surface area contributed by atoms with Crippen molar-refractivity contribution in [3.05, 3.63) is 35.4 Å². The Bertz CT molecular complexity index is 373. The van der Waals surface area contributed by atoms with Crippen molar-refractivity contribution in [2.24, 2.45) is 5.92 Å². The maximum absolute atomic E-state index is 11.0. The number of carboxylic acids is 1. The molecule has 15 heavy (non-hydrogen) atoms. The topological polar surface area (TPSA) is 46.5 Å². The van der Waals surface area contributed by atoms with Crippen molar-refractivity contribution in [3.63, 3.8) is 0 Å². The quantitative estimate of drug-likeness (QED) is 0.806. The Kier molecular flexibility index (Phi) is 2.73. The molecule has 2 atom stereocenters. The van der Waals surface area contributed by atoms with Crippen LogP contribution in [0.4, 0.5) is 0 Å². The summed E-state index contributed by atoms with van der Waals surface area (Å²) in [4.78, 5) is 11.0. The molecule has 1 heterocycles. The fourth-order valence-electron chi connectivity index (χ4n) is 2.02. The predicted molar refractivity (Wildman–Crippen MR) is 55.6 cm³/mol. The van der Waals surface area contributed by atoms with Crippen molar-refractivity contribution >= 4 is 5.97 Å². The van der Waals surface area contributed by atoms with Crippen molar-refractivity contribution in [1.29, 1.82) is 0 Å². The molecule has 0 aromatic heterocycles. The molecular formula is C12H14O3. The normalized spacial score (nSPS) is 25.4. The van der Waals surface area contributed by atoms with Gasteiger partial charge in [0.25, 0.3) is 0 Å². The number of carboxylic acid groups (broad SMARTS) is 1. The first-order valence-corrected chi connectivity index (χ1v) is 5.09. The van der Waals surface area contributed by atoms with E-state index in [0.29, 0.717) is 13.0 Å². The first-order valence-electron chi connectivity index (χ1n) is 5.09. The number of hydrogen-bond acceptors (Lipinski definition) is 2. The minimum absolute atomic E-state index is 0.276. The summed E-state index contributed by atoms with van der Waals surface area (Å²) < 4.78 is 5.49. The standard InChI is InChI=1S/C12H14O3/c1-8-3-2-4-9(7-8)11-10(12(13)14)5-6-15-11/h2-4,7,10-11H,5-6H2,1H3,(H,13,14). The summed E-state index contributed by atoms with van der Waals surface area (Å²) in [6, 6.07) is 7.85. The van der Waals surface area contributed by atoms with Gasteiger partial charge in [-0.25, -0.2) is 0 Å². The molecule has 1 aromatic carbocycles. The lowest BCUT2D eigenvalue weighted by atomic mass is 9.95. The van der Waals surface area contributed by atoms with E-state index in [1.807, 2.05) is 31.2 Å². The highest BCUT2D eigenvalue weighted by Crippen LogP contribution is 2.34. The van der Waals surface area contributed by atoms with Crippen LogP contribution in [0.1, 0.15) is 23.7 Å². The molecule has 80 valence electrons. The molecular weight excluding hydrogens is 192 g/mol. The van der Waals surface area contributed by atoms with Crippen molar-refractivity contribution in [1.82, 2.24) is 0 Å². The second kappa shape index (κ2) is 4.03. The highest BCUT2D eigenvalue weighted by Gasteiger charge is 2.34. The third-order valence-electron chi connectivity index (χ3n) is 2.78. The van der Waals surface area contributed by atoms with Crippen molar-refractivity contribution in [2.75, 3.05) is 6.61 Å². The van der Waals surface area contributed by atoms with Gasteiger partial charge in [-0.1, -0.05) is 29.8 Å². The molecule has 0 bridgehead atoms. The smallest absolute Gasteiger partial charge is 0.309 e. The summed E-state index contributed by atoms with van der Waals surface area (Å²) in [5.74, 6) is -1.16. The van der Waals surface area contributed by atoms with Crippen molar-refractivity contribution in [3.8, 4) is 0 Å². The van der Waals surface area contributed by atoms with Crippen LogP contribution < -0.4 is 0 Å². The Morgan fingerprint density at radius 3 is 3.00 bits per heavy atom. The fraction of sp³-hybridized carbons (Fsp3) is 0.417. The van der Waals surface area contributed by atoms with Gasteiger partial charge in [-0.3, -0.25) is 4.79 Å². The van der Waals surface area contributed by atoms with Gasteiger partial charge in [0.2, 0.25) is 0 Å². The summed E-state index contributed by atoms with van der Waals surface area (Å²) in [5, 5.41) is 9.03. The van der Waals surface area contributed by atoms with E-state index in [9.17, 15) is 4.79 Å². The highest BCUT2D eigenvalue weighted by atomic mass is 16.5. The lowest BCUT2D eigenvalue weighted by Crippen LogP contribution is -2.17. The molecule has 3 nitrogen and oxygen atoms in total. The maximum Gasteiger partial charge on any atom is 0.309 e. The molecule has 1 aliphatic heterocycles. The maximum atomic E-state index is 11.0. The van der Waals surface area contributed by atoms with Gasteiger partial charge in [-0.15, -0.1) is 0 Å². The Hall–Kier alpha value is -1.35. The number of rotatable bonds is 2. The summed E-state index contributed by atoms with van der Waals surface area (Å²) in [5.41, 5.74) is 2.10. The zero-order chi connectivity index (χ0) is 10.8. The van der Waals surface area contributed by atoms with E-state index in [2.05, 4.69) is 0 Å². The molecule has 0 amide bonds. The van der Waals surface area contributed by atoms with E-state index in [0.717, 1.165) is 11.1 Å². The number of benzene rings is 1. The molecule has 1 fully saturated rings. The largest absolute Gasteiger partial charge is 0.481 e. The molecule has 1 N–H and O–H groups in total. The average molecular weight is 206 g/mol. The molecule has 3 heteroatoms. The van der Waals surface area contributed by atoms with Crippen molar-refractivity contribution in [2.45, 2.75) is 19.4 Å². The van der Waals surface area contributed by atoms with Gasteiger partial charge in [0.05, 0.1) is 12.0 Å². The van der Waals surface area contributed by atoms with Crippen LogP contribution in [-0.4, -0.2) is 17.7 Å². The predicted octanol–water partition coefficient (Wildman–Crippen LogP) is 2.16. The van der Waals surface area contributed by atoms with Gasteiger partial charge in [0.15, 0.2) is 0 Å². The number of aryl methyl sites for hydroxylation is 1. The first-order chi connectivity index (χ1) is 7.18. The second-order valence-corrected chi connectivity index (χ2v) is 3.94. The van der Waals surface area contributed by atoms with Crippen LogP contribution in [0, 0.1) is 12.8 Å². The molecule has 0 radical (unpaired) electrons. The monoisotopic (exact) mass is 206 g/mol. The van der Waals surface area contributed by atoms with Gasteiger partial charge in [-0.05, 0) is 18.9 Å². The van der Waals surface area contributed by atoms with Gasteiger partial charge < -0.3 is 9.84 Å². The Morgan fingerprint density at radius 2 is 2.33 bits per heavy atom. The van der Waals surface area contributed by atoms with Crippen LogP contribution in [0.25, 0.3) is 0 Å². The minimum Gasteiger partial charge on any atom is -0.481 e. The van der Waals surface area contributed by atoms with E-state index in [-0.39, 0.29) is 6.10 Å². The molecule has 2 unspecified atom stereocenters. The van der Waals surface area contributed by atoms with E-state index in [1.165, 1.54) is 0 Å².